The summed E-state index contributed by atoms with van der Waals surface area (Å²) in [7, 11) is 0. The molecule has 0 aliphatic carbocycles. The summed E-state index contributed by atoms with van der Waals surface area (Å²) in [5.41, 5.74) is -0.0119. The van der Waals surface area contributed by atoms with Gasteiger partial charge in [0.2, 0.25) is 0 Å². The van der Waals surface area contributed by atoms with Crippen molar-refractivity contribution < 1.29 is 14.3 Å². The summed E-state index contributed by atoms with van der Waals surface area (Å²) in [6.45, 7) is 10.9. The number of nitrogens with one attached hydrogen (secondary N) is 1. The standard InChI is InChI=1S/C24H40N2O3/c1-4-15-24(3,29-19-5-2)23(27)25-21-11-13-22(14-12-21)28-20-10-18-26-16-8-6-7-9-17-26/h11-14H,4-10,15-20H2,1-3H3,(H,25,27). The molecule has 1 N–H and O–H groups in total. The number of ether oxygens (including phenoxy) is 2. The smallest absolute Gasteiger partial charge is 0.256 e. The van der Waals surface area contributed by atoms with Gasteiger partial charge in [-0.1, -0.05) is 33.1 Å². The third-order valence-electron chi connectivity index (χ3n) is 5.53. The van der Waals surface area contributed by atoms with Gasteiger partial charge in [0, 0.05) is 18.8 Å². The van der Waals surface area contributed by atoms with Crippen LogP contribution in [0.3, 0.4) is 0 Å². The summed E-state index contributed by atoms with van der Waals surface area (Å²) in [6.07, 6.45) is 8.95. The fourth-order valence-electron chi connectivity index (χ4n) is 3.79. The number of rotatable bonds is 12. The summed E-state index contributed by atoms with van der Waals surface area (Å²) < 4.78 is 11.7. The number of carbonyl (C=O) groups excluding carboxylic acids is 1. The van der Waals surface area contributed by atoms with Gasteiger partial charge in [-0.15, -0.1) is 0 Å². The lowest BCUT2D eigenvalue weighted by atomic mass is 9.99. The number of amides is 1. The van der Waals surface area contributed by atoms with Gasteiger partial charge in [-0.25, -0.2) is 0 Å². The molecule has 0 spiro atoms. The van der Waals surface area contributed by atoms with Gasteiger partial charge in [-0.3, -0.25) is 4.79 Å². The third kappa shape index (κ3) is 8.35. The Labute approximate surface area is 177 Å². The number of hydrogen-bond acceptors (Lipinski definition) is 4. The van der Waals surface area contributed by atoms with Gasteiger partial charge in [-0.05, 0) is 76.4 Å². The lowest BCUT2D eigenvalue weighted by molar-refractivity contribution is -0.140. The Hall–Kier alpha value is -1.59. The molecule has 0 aromatic heterocycles. The number of carbonyl (C=O) groups is 1. The molecule has 1 fully saturated rings. The molecule has 1 unspecified atom stereocenters. The van der Waals surface area contributed by atoms with E-state index in [-0.39, 0.29) is 5.91 Å². The molecule has 0 saturated carbocycles. The average molecular weight is 405 g/mol. The Morgan fingerprint density at radius 2 is 1.72 bits per heavy atom. The fraction of sp³-hybridized carbons (Fsp3) is 0.708. The molecule has 1 atom stereocenters. The van der Waals surface area contributed by atoms with Gasteiger partial charge in [0.1, 0.15) is 11.4 Å². The minimum atomic E-state index is -0.784. The van der Waals surface area contributed by atoms with Crippen LogP contribution in [0.2, 0.25) is 0 Å². The van der Waals surface area contributed by atoms with E-state index in [1.165, 1.54) is 38.8 Å². The van der Waals surface area contributed by atoms with Crippen LogP contribution < -0.4 is 10.1 Å². The highest BCUT2D eigenvalue weighted by atomic mass is 16.5. The van der Waals surface area contributed by atoms with Gasteiger partial charge in [-0.2, -0.15) is 0 Å². The van der Waals surface area contributed by atoms with Crippen LogP contribution in [0.5, 0.6) is 5.75 Å². The Bertz CT molecular complexity index is 582. The lowest BCUT2D eigenvalue weighted by Gasteiger charge is -2.28. The first-order chi connectivity index (χ1) is 14.1. The quantitative estimate of drug-likeness (QED) is 0.483. The van der Waals surface area contributed by atoms with E-state index in [1.807, 2.05) is 31.2 Å². The molecule has 5 heteroatoms. The zero-order valence-electron chi connectivity index (χ0n) is 18.7. The second kappa shape index (κ2) is 12.9. The highest BCUT2D eigenvalue weighted by molar-refractivity contribution is 5.97. The zero-order chi connectivity index (χ0) is 21.0. The van der Waals surface area contributed by atoms with E-state index in [0.29, 0.717) is 13.0 Å². The van der Waals surface area contributed by atoms with Crippen molar-refractivity contribution >= 4 is 11.6 Å². The van der Waals surface area contributed by atoms with Crippen molar-refractivity contribution in [3.05, 3.63) is 24.3 Å². The zero-order valence-corrected chi connectivity index (χ0v) is 18.7. The maximum absolute atomic E-state index is 12.7. The molecule has 1 aromatic rings. The van der Waals surface area contributed by atoms with E-state index in [4.69, 9.17) is 9.47 Å². The van der Waals surface area contributed by atoms with E-state index in [2.05, 4.69) is 24.1 Å². The van der Waals surface area contributed by atoms with E-state index in [0.717, 1.165) is 43.9 Å². The van der Waals surface area contributed by atoms with Crippen molar-refractivity contribution in [1.29, 1.82) is 0 Å². The second-order valence-corrected chi connectivity index (χ2v) is 8.27. The van der Waals surface area contributed by atoms with Crippen molar-refractivity contribution in [2.45, 2.75) is 77.7 Å². The van der Waals surface area contributed by atoms with Crippen molar-refractivity contribution in [2.75, 3.05) is 38.2 Å². The van der Waals surface area contributed by atoms with Crippen LogP contribution in [0.25, 0.3) is 0 Å². The Morgan fingerprint density at radius 1 is 1.03 bits per heavy atom. The van der Waals surface area contributed by atoms with E-state index < -0.39 is 5.60 Å². The Morgan fingerprint density at radius 3 is 2.34 bits per heavy atom. The van der Waals surface area contributed by atoms with Crippen molar-refractivity contribution in [3.8, 4) is 5.75 Å². The molecular weight excluding hydrogens is 364 g/mol. The second-order valence-electron chi connectivity index (χ2n) is 8.27. The molecule has 0 bridgehead atoms. The predicted molar refractivity (Wildman–Crippen MR) is 120 cm³/mol. The fourth-order valence-corrected chi connectivity index (χ4v) is 3.79. The van der Waals surface area contributed by atoms with Crippen LogP contribution in [0.1, 0.15) is 72.1 Å². The predicted octanol–water partition coefficient (Wildman–Crippen LogP) is 5.26. The van der Waals surface area contributed by atoms with Crippen LogP contribution in [0, 0.1) is 0 Å². The summed E-state index contributed by atoms with van der Waals surface area (Å²) in [4.78, 5) is 15.3. The largest absolute Gasteiger partial charge is 0.494 e. The van der Waals surface area contributed by atoms with Crippen molar-refractivity contribution in [1.82, 2.24) is 4.90 Å². The summed E-state index contributed by atoms with van der Waals surface area (Å²) in [5, 5.41) is 2.99. The lowest BCUT2D eigenvalue weighted by Crippen LogP contribution is -2.43. The maximum atomic E-state index is 12.7. The topological polar surface area (TPSA) is 50.8 Å². The molecule has 2 rings (SSSR count). The van der Waals surface area contributed by atoms with Gasteiger partial charge < -0.3 is 19.7 Å². The average Bonchev–Trinajstić information content (AvgIpc) is 3.00. The monoisotopic (exact) mass is 404 g/mol. The molecule has 0 radical (unpaired) electrons. The van der Waals surface area contributed by atoms with Gasteiger partial charge in [0.05, 0.1) is 6.61 Å². The minimum absolute atomic E-state index is 0.0843. The Balaban J connectivity index is 1.76. The van der Waals surface area contributed by atoms with Crippen LogP contribution >= 0.6 is 0 Å². The number of benzene rings is 1. The molecular formula is C24H40N2O3. The summed E-state index contributed by atoms with van der Waals surface area (Å²) in [5.74, 6) is 0.760. The van der Waals surface area contributed by atoms with Crippen LogP contribution in [0.15, 0.2) is 24.3 Å². The number of anilines is 1. The molecule has 29 heavy (non-hydrogen) atoms. The first-order valence-electron chi connectivity index (χ1n) is 11.5. The number of likely N-dealkylation sites (tertiary alicyclic amines) is 1. The van der Waals surface area contributed by atoms with E-state index in [9.17, 15) is 4.79 Å². The summed E-state index contributed by atoms with van der Waals surface area (Å²) in [6, 6.07) is 7.64. The Kier molecular flexibility index (Phi) is 10.5. The highest BCUT2D eigenvalue weighted by Crippen LogP contribution is 2.22. The molecule has 1 saturated heterocycles. The first-order valence-corrected chi connectivity index (χ1v) is 11.5. The maximum Gasteiger partial charge on any atom is 0.256 e. The third-order valence-corrected chi connectivity index (χ3v) is 5.53. The van der Waals surface area contributed by atoms with E-state index in [1.54, 1.807) is 0 Å². The first kappa shape index (κ1) is 23.7. The SMILES string of the molecule is CCCOC(C)(CCC)C(=O)Nc1ccc(OCCCN2CCCCCC2)cc1. The molecule has 1 heterocycles. The highest BCUT2D eigenvalue weighted by Gasteiger charge is 2.33. The molecule has 1 aromatic carbocycles. The van der Waals surface area contributed by atoms with Crippen LogP contribution in [-0.2, 0) is 9.53 Å². The minimum Gasteiger partial charge on any atom is -0.494 e. The van der Waals surface area contributed by atoms with Gasteiger partial charge in [0.15, 0.2) is 0 Å². The molecule has 164 valence electrons. The van der Waals surface area contributed by atoms with Crippen molar-refractivity contribution in [3.63, 3.8) is 0 Å². The summed E-state index contributed by atoms with van der Waals surface area (Å²) >= 11 is 0. The molecule has 5 nitrogen and oxygen atoms in total. The molecule has 1 amide bonds. The van der Waals surface area contributed by atoms with Gasteiger partial charge in [0.25, 0.3) is 5.91 Å². The number of hydrogen-bond donors (Lipinski definition) is 1. The molecule has 1 aliphatic heterocycles. The molecule has 1 aliphatic rings. The number of nitrogens with zero attached hydrogens (tertiary/aromatic N) is 1. The normalized spacial score (nSPS) is 17.3. The van der Waals surface area contributed by atoms with Crippen molar-refractivity contribution in [2.24, 2.45) is 0 Å². The van der Waals surface area contributed by atoms with Gasteiger partial charge >= 0.3 is 0 Å². The van der Waals surface area contributed by atoms with E-state index >= 15 is 0 Å². The van der Waals surface area contributed by atoms with Crippen LogP contribution in [0.4, 0.5) is 5.69 Å². The van der Waals surface area contributed by atoms with Crippen LogP contribution in [-0.4, -0.2) is 49.3 Å².